The van der Waals surface area contributed by atoms with Gasteiger partial charge >= 0.3 is 0 Å². The predicted octanol–water partition coefficient (Wildman–Crippen LogP) is 5.74. The zero-order valence-corrected chi connectivity index (χ0v) is 20.7. The number of halogens is 2. The van der Waals surface area contributed by atoms with Gasteiger partial charge in [0, 0.05) is 70.2 Å². The van der Waals surface area contributed by atoms with Crippen molar-refractivity contribution in [3.05, 3.63) is 83.4 Å². The van der Waals surface area contributed by atoms with Crippen molar-refractivity contribution in [2.75, 3.05) is 26.2 Å². The van der Waals surface area contributed by atoms with Crippen molar-refractivity contribution in [3.63, 3.8) is 0 Å². The summed E-state index contributed by atoms with van der Waals surface area (Å²) in [5.41, 5.74) is 5.49. The monoisotopic (exact) mass is 508 g/mol. The second kappa shape index (κ2) is 9.13. The lowest BCUT2D eigenvalue weighted by Crippen LogP contribution is -2.30. The van der Waals surface area contributed by atoms with E-state index in [1.165, 1.54) is 0 Å². The van der Waals surface area contributed by atoms with Crippen LogP contribution in [0.5, 0.6) is 0 Å². The van der Waals surface area contributed by atoms with Crippen LogP contribution in [0.1, 0.15) is 24.0 Å². The van der Waals surface area contributed by atoms with Crippen molar-refractivity contribution in [2.24, 2.45) is 9.98 Å². The molecule has 5 aromatic rings. The first kappa shape index (κ1) is 22.7. The Balaban J connectivity index is 1.21. The zero-order chi connectivity index (χ0) is 25.6. The first-order chi connectivity index (χ1) is 18.7. The maximum atomic E-state index is 15.3. The molecule has 7 rings (SSSR count). The molecule has 0 fully saturated rings. The van der Waals surface area contributed by atoms with E-state index in [1.807, 2.05) is 48.5 Å². The highest BCUT2D eigenvalue weighted by Gasteiger charge is 2.18. The van der Waals surface area contributed by atoms with Gasteiger partial charge in [-0.3, -0.25) is 9.98 Å². The van der Waals surface area contributed by atoms with E-state index in [2.05, 4.69) is 30.6 Å². The summed E-state index contributed by atoms with van der Waals surface area (Å²) in [7, 11) is 0. The molecule has 190 valence electrons. The minimum atomic E-state index is -0.304. The lowest BCUT2D eigenvalue weighted by atomic mass is 10.1. The summed E-state index contributed by atoms with van der Waals surface area (Å²) in [6, 6.07) is 18.5. The van der Waals surface area contributed by atoms with E-state index in [0.717, 1.165) is 61.8 Å². The van der Waals surface area contributed by atoms with Crippen molar-refractivity contribution in [2.45, 2.75) is 12.8 Å². The summed E-state index contributed by atoms with van der Waals surface area (Å²) in [4.78, 5) is 15.5. The molecule has 0 bridgehead atoms. The number of amidine groups is 2. The summed E-state index contributed by atoms with van der Waals surface area (Å²) < 4.78 is 30.7. The van der Waals surface area contributed by atoms with Crippen LogP contribution >= 0.6 is 0 Å². The van der Waals surface area contributed by atoms with Gasteiger partial charge in [0.1, 0.15) is 11.7 Å². The molecule has 0 saturated heterocycles. The van der Waals surface area contributed by atoms with Gasteiger partial charge in [-0.05, 0) is 37.1 Å². The average Bonchev–Trinajstić information content (AvgIpc) is 3.49. The summed E-state index contributed by atoms with van der Waals surface area (Å²) in [6.07, 6.45) is 2.03. The van der Waals surface area contributed by atoms with Crippen LogP contribution < -0.4 is 10.6 Å². The van der Waals surface area contributed by atoms with E-state index >= 15 is 8.78 Å². The first-order valence-corrected chi connectivity index (χ1v) is 13.0. The molecule has 0 atom stereocenters. The number of nitrogens with one attached hydrogen (secondary N) is 4. The molecule has 6 nitrogen and oxygen atoms in total. The number of aromatic amines is 2. The Morgan fingerprint density at radius 1 is 0.553 bits per heavy atom. The topological polar surface area (TPSA) is 80.4 Å². The molecular formula is C30H26F2N6. The normalized spacial score (nSPS) is 15.7. The predicted molar refractivity (Wildman–Crippen MR) is 149 cm³/mol. The van der Waals surface area contributed by atoms with Gasteiger partial charge in [-0.25, -0.2) is 8.78 Å². The highest BCUT2D eigenvalue weighted by atomic mass is 19.1. The number of aromatic nitrogens is 2. The van der Waals surface area contributed by atoms with Crippen LogP contribution in [0.3, 0.4) is 0 Å². The average molecular weight is 509 g/mol. The smallest absolute Gasteiger partial charge is 0.156 e. The first-order valence-electron chi connectivity index (χ1n) is 13.0. The second-order valence-corrected chi connectivity index (χ2v) is 9.75. The molecule has 4 heterocycles. The highest BCUT2D eigenvalue weighted by molar-refractivity contribution is 6.03. The van der Waals surface area contributed by atoms with Crippen LogP contribution in [0, 0.1) is 11.6 Å². The third-order valence-corrected chi connectivity index (χ3v) is 7.27. The van der Waals surface area contributed by atoms with Gasteiger partial charge in [-0.15, -0.1) is 0 Å². The van der Waals surface area contributed by atoms with E-state index in [-0.39, 0.29) is 11.6 Å². The fourth-order valence-electron chi connectivity index (χ4n) is 5.27. The van der Waals surface area contributed by atoms with E-state index < -0.39 is 0 Å². The second-order valence-electron chi connectivity index (χ2n) is 9.75. The van der Waals surface area contributed by atoms with E-state index in [4.69, 9.17) is 0 Å². The van der Waals surface area contributed by atoms with Crippen LogP contribution in [0.4, 0.5) is 8.78 Å². The van der Waals surface area contributed by atoms with Crippen molar-refractivity contribution < 1.29 is 8.78 Å². The third kappa shape index (κ3) is 3.84. The fraction of sp³-hybridized carbons (Fsp3) is 0.200. The quantitative estimate of drug-likeness (QED) is 0.250. The lowest BCUT2D eigenvalue weighted by molar-refractivity contribution is 0.642. The minimum Gasteiger partial charge on any atom is -0.370 e. The maximum absolute atomic E-state index is 15.3. The molecular weight excluding hydrogens is 482 g/mol. The number of aliphatic imine (C=N–C) groups is 2. The standard InChI is InChI=1S/C30H26F2N6/c31-25-21-9-7-19(29-33-11-1-12-34-29)15-23(21)37-27(25)17-3-5-18(6-4-17)28-26(32)22-10-8-20(16-24(22)38-28)30-35-13-2-14-36-30/h3-10,15-16,37-38H,1-2,11-14H2,(H,33,34)(H,35,36). The molecule has 0 saturated carbocycles. The van der Waals surface area contributed by atoms with Crippen molar-refractivity contribution >= 4 is 33.5 Å². The van der Waals surface area contributed by atoms with Crippen LogP contribution in [-0.2, 0) is 0 Å². The molecule has 4 N–H and O–H groups in total. The molecule has 0 spiro atoms. The summed E-state index contributed by atoms with van der Waals surface area (Å²) in [5, 5.41) is 7.67. The van der Waals surface area contributed by atoms with Crippen LogP contribution in [-0.4, -0.2) is 47.8 Å². The fourth-order valence-corrected chi connectivity index (χ4v) is 5.27. The van der Waals surface area contributed by atoms with Gasteiger partial charge in [0.05, 0.1) is 11.4 Å². The van der Waals surface area contributed by atoms with Gasteiger partial charge in [0.25, 0.3) is 0 Å². The number of H-pyrrole nitrogens is 2. The number of rotatable bonds is 4. The van der Waals surface area contributed by atoms with Gasteiger partial charge < -0.3 is 20.6 Å². The van der Waals surface area contributed by atoms with Crippen molar-refractivity contribution in [1.29, 1.82) is 0 Å². The Morgan fingerprint density at radius 3 is 1.37 bits per heavy atom. The van der Waals surface area contributed by atoms with Crippen LogP contribution in [0.2, 0.25) is 0 Å². The molecule has 2 aliphatic rings. The number of fused-ring (bicyclic) bond motifs is 2. The highest BCUT2D eigenvalue weighted by Crippen LogP contribution is 2.33. The third-order valence-electron chi connectivity index (χ3n) is 7.27. The molecule has 2 aromatic heterocycles. The van der Waals surface area contributed by atoms with E-state index in [9.17, 15) is 0 Å². The van der Waals surface area contributed by atoms with Gasteiger partial charge in [0.2, 0.25) is 0 Å². The molecule has 2 aliphatic heterocycles. The van der Waals surface area contributed by atoms with E-state index in [1.54, 1.807) is 12.1 Å². The zero-order valence-electron chi connectivity index (χ0n) is 20.7. The van der Waals surface area contributed by atoms with Crippen LogP contribution in [0.15, 0.2) is 70.6 Å². The van der Waals surface area contributed by atoms with Crippen molar-refractivity contribution in [3.8, 4) is 22.5 Å². The largest absolute Gasteiger partial charge is 0.370 e. The Labute approximate surface area is 217 Å². The van der Waals surface area contributed by atoms with Crippen LogP contribution in [0.25, 0.3) is 44.3 Å². The lowest BCUT2D eigenvalue weighted by Gasteiger charge is -2.14. The SMILES string of the molecule is Fc1c(-c2ccc(-c3[nH]c4cc(C5=NCCCN5)ccc4c3F)cc2)[nH]c2cc(C3=NCCCN3)ccc12. The number of nitrogens with zero attached hydrogens (tertiary/aromatic N) is 2. The number of hydrogen-bond acceptors (Lipinski definition) is 4. The molecule has 38 heavy (non-hydrogen) atoms. The minimum absolute atomic E-state index is 0.304. The van der Waals surface area contributed by atoms with E-state index in [0.29, 0.717) is 44.3 Å². The van der Waals surface area contributed by atoms with Gasteiger partial charge in [-0.2, -0.15) is 0 Å². The van der Waals surface area contributed by atoms with Gasteiger partial charge in [0.15, 0.2) is 11.6 Å². The maximum Gasteiger partial charge on any atom is 0.156 e. The molecule has 0 unspecified atom stereocenters. The molecule has 0 aliphatic carbocycles. The molecule has 3 aromatic carbocycles. The van der Waals surface area contributed by atoms with Gasteiger partial charge in [-0.1, -0.05) is 36.4 Å². The Hall–Kier alpha value is -4.46. The Kier molecular flexibility index (Phi) is 5.46. The summed E-state index contributed by atoms with van der Waals surface area (Å²) >= 11 is 0. The number of hydrogen-bond donors (Lipinski definition) is 4. The Morgan fingerprint density at radius 2 is 0.974 bits per heavy atom. The summed E-state index contributed by atoms with van der Waals surface area (Å²) in [6.45, 7) is 3.36. The van der Waals surface area contributed by atoms with Crippen molar-refractivity contribution in [1.82, 2.24) is 20.6 Å². The number of benzene rings is 3. The Bertz CT molecular complexity index is 1610. The molecule has 0 amide bonds. The molecule has 8 heteroatoms. The molecule has 0 radical (unpaired) electrons. The summed E-state index contributed by atoms with van der Waals surface area (Å²) in [5.74, 6) is 1.08.